The second-order valence-electron chi connectivity index (χ2n) is 5.12. The molecule has 2 N–H and O–H groups in total. The predicted octanol–water partition coefficient (Wildman–Crippen LogP) is 1.98. The van der Waals surface area contributed by atoms with E-state index in [1.54, 1.807) is 0 Å². The number of hydrogen-bond acceptors (Lipinski definition) is 3. The van der Waals surface area contributed by atoms with Crippen LogP contribution in [-0.2, 0) is 16.0 Å². The molecule has 0 aliphatic carbocycles. The monoisotopic (exact) mass is 251 g/mol. The molecule has 0 unspecified atom stereocenters. The zero-order valence-corrected chi connectivity index (χ0v) is 11.2. The first-order valence-electron chi connectivity index (χ1n) is 6.04. The topological polar surface area (TPSA) is 58.6 Å². The highest BCUT2D eigenvalue weighted by Gasteiger charge is 2.12. The molecule has 0 radical (unpaired) electrons. The van der Waals surface area contributed by atoms with Crippen LogP contribution in [0, 0.1) is 0 Å². The van der Waals surface area contributed by atoms with Gasteiger partial charge in [-0.2, -0.15) is 0 Å². The van der Waals surface area contributed by atoms with E-state index in [4.69, 9.17) is 9.84 Å². The number of carbonyl (C=O) groups excluding carboxylic acids is 1. The van der Waals surface area contributed by atoms with E-state index >= 15 is 0 Å². The molecule has 0 aromatic heterocycles. The highest BCUT2D eigenvalue weighted by Crippen LogP contribution is 2.11. The number of benzene rings is 1. The second kappa shape index (κ2) is 6.52. The Morgan fingerprint density at radius 3 is 2.39 bits per heavy atom. The van der Waals surface area contributed by atoms with Crippen LogP contribution in [-0.4, -0.2) is 29.8 Å². The number of aliphatic hydroxyl groups is 1. The zero-order chi connectivity index (χ0) is 13.6. The van der Waals surface area contributed by atoms with Crippen molar-refractivity contribution >= 4 is 11.6 Å². The van der Waals surface area contributed by atoms with Gasteiger partial charge in [-0.25, -0.2) is 0 Å². The van der Waals surface area contributed by atoms with Crippen molar-refractivity contribution < 1.29 is 14.6 Å². The van der Waals surface area contributed by atoms with Gasteiger partial charge in [0.2, 0.25) is 5.91 Å². The first-order chi connectivity index (χ1) is 8.40. The standard InChI is InChI=1S/C14H21NO3/c1-14(2,3)18-10-13(17)15-12-6-4-11(5-7-12)8-9-16/h4-7,16H,8-10H2,1-3H3,(H,15,17). The SMILES string of the molecule is CC(C)(C)OCC(=O)Nc1ccc(CCO)cc1. The van der Waals surface area contributed by atoms with Gasteiger partial charge in [-0.3, -0.25) is 4.79 Å². The van der Waals surface area contributed by atoms with E-state index in [0.29, 0.717) is 6.42 Å². The molecule has 1 rings (SSSR count). The minimum atomic E-state index is -0.317. The van der Waals surface area contributed by atoms with E-state index in [0.717, 1.165) is 11.3 Å². The van der Waals surface area contributed by atoms with Gasteiger partial charge in [-0.05, 0) is 44.9 Å². The number of amides is 1. The first-order valence-corrected chi connectivity index (χ1v) is 6.04. The fraction of sp³-hybridized carbons (Fsp3) is 0.500. The van der Waals surface area contributed by atoms with Crippen LogP contribution in [0.4, 0.5) is 5.69 Å². The average molecular weight is 251 g/mol. The molecule has 0 spiro atoms. The van der Waals surface area contributed by atoms with Gasteiger partial charge in [0.25, 0.3) is 0 Å². The smallest absolute Gasteiger partial charge is 0.250 e. The molecule has 0 atom stereocenters. The van der Waals surface area contributed by atoms with Gasteiger partial charge in [-0.1, -0.05) is 12.1 Å². The third-order valence-electron chi connectivity index (χ3n) is 2.27. The van der Waals surface area contributed by atoms with Crippen LogP contribution < -0.4 is 5.32 Å². The minimum Gasteiger partial charge on any atom is -0.396 e. The molecule has 0 fully saturated rings. The Kier molecular flexibility index (Phi) is 5.31. The van der Waals surface area contributed by atoms with Gasteiger partial charge < -0.3 is 15.2 Å². The van der Waals surface area contributed by atoms with E-state index in [2.05, 4.69) is 5.32 Å². The van der Waals surface area contributed by atoms with E-state index in [1.165, 1.54) is 0 Å². The molecule has 1 amide bonds. The molecule has 0 heterocycles. The van der Waals surface area contributed by atoms with Crippen LogP contribution >= 0.6 is 0 Å². The molecule has 1 aromatic carbocycles. The number of carbonyl (C=O) groups is 1. The van der Waals surface area contributed by atoms with Gasteiger partial charge in [0.05, 0.1) is 5.60 Å². The van der Waals surface area contributed by atoms with Gasteiger partial charge in [-0.15, -0.1) is 0 Å². The van der Waals surface area contributed by atoms with Crippen LogP contribution in [0.15, 0.2) is 24.3 Å². The molecule has 1 aromatic rings. The third kappa shape index (κ3) is 5.80. The summed E-state index contributed by atoms with van der Waals surface area (Å²) >= 11 is 0. The van der Waals surface area contributed by atoms with E-state index in [9.17, 15) is 4.79 Å². The van der Waals surface area contributed by atoms with Crippen molar-refractivity contribution in [3.8, 4) is 0 Å². The quantitative estimate of drug-likeness (QED) is 0.841. The number of aliphatic hydroxyl groups excluding tert-OH is 1. The largest absolute Gasteiger partial charge is 0.396 e. The summed E-state index contributed by atoms with van der Waals surface area (Å²) in [6, 6.07) is 7.41. The summed E-state index contributed by atoms with van der Waals surface area (Å²) in [5, 5.41) is 11.6. The summed E-state index contributed by atoms with van der Waals surface area (Å²) in [4.78, 5) is 11.6. The van der Waals surface area contributed by atoms with Crippen LogP contribution in [0.25, 0.3) is 0 Å². The van der Waals surface area contributed by atoms with Crippen LogP contribution in [0.1, 0.15) is 26.3 Å². The fourth-order valence-corrected chi connectivity index (χ4v) is 1.36. The van der Waals surface area contributed by atoms with Crippen molar-refractivity contribution in [1.29, 1.82) is 0 Å². The molecule has 18 heavy (non-hydrogen) atoms. The molecule has 4 nitrogen and oxygen atoms in total. The van der Waals surface area contributed by atoms with Gasteiger partial charge in [0.1, 0.15) is 6.61 Å². The predicted molar refractivity (Wildman–Crippen MR) is 71.6 cm³/mol. The fourth-order valence-electron chi connectivity index (χ4n) is 1.36. The number of hydrogen-bond donors (Lipinski definition) is 2. The van der Waals surface area contributed by atoms with Crippen molar-refractivity contribution in [2.45, 2.75) is 32.8 Å². The van der Waals surface area contributed by atoms with Crippen LogP contribution in [0.5, 0.6) is 0 Å². The molecular formula is C14H21NO3. The summed E-state index contributed by atoms with van der Waals surface area (Å²) in [6.45, 7) is 5.89. The minimum absolute atomic E-state index is 0.0435. The Labute approximate surface area is 108 Å². The van der Waals surface area contributed by atoms with Gasteiger partial charge >= 0.3 is 0 Å². The third-order valence-corrected chi connectivity index (χ3v) is 2.27. The molecule has 0 saturated carbocycles. The lowest BCUT2D eigenvalue weighted by molar-refractivity contribution is -0.125. The summed E-state index contributed by atoms with van der Waals surface area (Å²) in [5.74, 6) is -0.167. The number of anilines is 1. The van der Waals surface area contributed by atoms with Crippen molar-refractivity contribution in [3.05, 3.63) is 29.8 Å². The number of rotatable bonds is 5. The Morgan fingerprint density at radius 2 is 1.89 bits per heavy atom. The van der Waals surface area contributed by atoms with Gasteiger partial charge in [0, 0.05) is 12.3 Å². The number of nitrogens with one attached hydrogen (secondary N) is 1. The molecular weight excluding hydrogens is 230 g/mol. The summed E-state index contributed by atoms with van der Waals surface area (Å²) in [5.41, 5.74) is 1.46. The maximum absolute atomic E-state index is 11.6. The van der Waals surface area contributed by atoms with E-state index in [-0.39, 0.29) is 24.7 Å². The van der Waals surface area contributed by atoms with Crippen molar-refractivity contribution in [2.24, 2.45) is 0 Å². The highest BCUT2D eigenvalue weighted by molar-refractivity contribution is 5.91. The first kappa shape index (κ1) is 14.7. The van der Waals surface area contributed by atoms with Crippen LogP contribution in [0.2, 0.25) is 0 Å². The van der Waals surface area contributed by atoms with Crippen molar-refractivity contribution in [2.75, 3.05) is 18.5 Å². The Hall–Kier alpha value is -1.39. The Morgan fingerprint density at radius 1 is 1.28 bits per heavy atom. The summed E-state index contributed by atoms with van der Waals surface area (Å²) in [6.07, 6.45) is 0.626. The maximum atomic E-state index is 11.6. The summed E-state index contributed by atoms with van der Waals surface area (Å²) < 4.78 is 5.38. The lowest BCUT2D eigenvalue weighted by Crippen LogP contribution is -2.27. The molecule has 0 bridgehead atoms. The second-order valence-corrected chi connectivity index (χ2v) is 5.12. The highest BCUT2D eigenvalue weighted by atomic mass is 16.5. The summed E-state index contributed by atoms with van der Waals surface area (Å²) in [7, 11) is 0. The molecule has 0 saturated heterocycles. The normalized spacial score (nSPS) is 11.3. The van der Waals surface area contributed by atoms with Crippen LogP contribution in [0.3, 0.4) is 0 Å². The molecule has 4 heteroatoms. The lowest BCUT2D eigenvalue weighted by atomic mass is 10.1. The zero-order valence-electron chi connectivity index (χ0n) is 11.2. The average Bonchev–Trinajstić information content (AvgIpc) is 2.29. The maximum Gasteiger partial charge on any atom is 0.250 e. The van der Waals surface area contributed by atoms with E-state index < -0.39 is 0 Å². The van der Waals surface area contributed by atoms with E-state index in [1.807, 2.05) is 45.0 Å². The Balaban J connectivity index is 2.44. The van der Waals surface area contributed by atoms with Gasteiger partial charge in [0.15, 0.2) is 0 Å². The van der Waals surface area contributed by atoms with Crippen molar-refractivity contribution in [3.63, 3.8) is 0 Å². The Bertz CT molecular complexity index is 379. The number of ether oxygens (including phenoxy) is 1. The molecule has 0 aliphatic heterocycles. The van der Waals surface area contributed by atoms with Crippen molar-refractivity contribution in [1.82, 2.24) is 0 Å². The molecule has 0 aliphatic rings. The lowest BCUT2D eigenvalue weighted by Gasteiger charge is -2.19. The molecule has 100 valence electrons.